The lowest BCUT2D eigenvalue weighted by molar-refractivity contribution is -0.141. The van der Waals surface area contributed by atoms with Gasteiger partial charge in [0.05, 0.1) is 11.3 Å². The summed E-state index contributed by atoms with van der Waals surface area (Å²) in [6.07, 6.45) is -2.99. The molecule has 1 aromatic heterocycles. The van der Waals surface area contributed by atoms with Gasteiger partial charge in [0.25, 0.3) is 5.91 Å². The number of rotatable bonds is 0. The number of halogens is 3. The summed E-state index contributed by atoms with van der Waals surface area (Å²) in [6, 6.07) is 9.03. The first kappa shape index (κ1) is 15.8. The second kappa shape index (κ2) is 5.15. The van der Waals surface area contributed by atoms with Gasteiger partial charge in [0.15, 0.2) is 0 Å². The Labute approximate surface area is 141 Å². The second-order valence-corrected chi connectivity index (χ2v) is 6.29. The maximum absolute atomic E-state index is 13.2. The molecule has 1 atom stereocenters. The number of hydrogen-bond donors (Lipinski definition) is 1. The van der Waals surface area contributed by atoms with Crippen molar-refractivity contribution in [2.45, 2.75) is 30.9 Å². The molecule has 4 nitrogen and oxygen atoms in total. The summed E-state index contributed by atoms with van der Waals surface area (Å²) in [5.74, 6) is -1.32. The molecule has 0 saturated heterocycles. The van der Waals surface area contributed by atoms with Crippen LogP contribution < -0.4 is 5.32 Å². The van der Waals surface area contributed by atoms with Crippen LogP contribution in [-0.4, -0.2) is 16.8 Å². The number of fused-ring (bicyclic) bond motifs is 4. The van der Waals surface area contributed by atoms with E-state index in [1.807, 2.05) is 12.1 Å². The molecule has 1 unspecified atom stereocenters. The van der Waals surface area contributed by atoms with Crippen LogP contribution >= 0.6 is 0 Å². The summed E-state index contributed by atoms with van der Waals surface area (Å²) in [7, 11) is 0. The van der Waals surface area contributed by atoms with E-state index in [0.29, 0.717) is 18.4 Å². The molecular formula is C18H13F3N2O2. The average Bonchev–Trinajstić information content (AvgIpc) is 2.59. The first-order chi connectivity index (χ1) is 11.8. The highest BCUT2D eigenvalue weighted by Gasteiger charge is 2.52. The molecule has 7 heteroatoms. The van der Waals surface area contributed by atoms with Crippen molar-refractivity contribution in [3.05, 3.63) is 64.5 Å². The maximum Gasteiger partial charge on any atom is 0.433 e. The van der Waals surface area contributed by atoms with E-state index < -0.39 is 29.1 Å². The minimum Gasteiger partial charge on any atom is -0.291 e. The number of nitrogens with zero attached hydrogens (tertiary/aromatic N) is 1. The summed E-state index contributed by atoms with van der Waals surface area (Å²) in [6.45, 7) is 0. The summed E-state index contributed by atoms with van der Waals surface area (Å²) < 4.78 is 39.5. The van der Waals surface area contributed by atoms with E-state index in [2.05, 4.69) is 10.3 Å². The summed E-state index contributed by atoms with van der Waals surface area (Å²) >= 11 is 0. The van der Waals surface area contributed by atoms with Gasteiger partial charge in [-0.3, -0.25) is 14.9 Å². The Bertz CT molecular complexity index is 907. The van der Waals surface area contributed by atoms with Crippen molar-refractivity contribution in [3.63, 3.8) is 0 Å². The standard InChI is InChI=1S/C18H13F3N2O2/c19-18(20,21)13-8-7-11-14(22-13)17(16(25)23-15(11)24)9-3-5-10-4-1-2-6-12(10)17/h1-2,4,6-8H,3,5,9H2,(H,23,24,25). The quantitative estimate of drug-likeness (QED) is 0.746. The third-order valence-corrected chi connectivity index (χ3v) is 4.92. The minimum atomic E-state index is -4.65. The Kier molecular flexibility index (Phi) is 3.25. The molecule has 2 aliphatic rings. The van der Waals surface area contributed by atoms with Crippen molar-refractivity contribution >= 4 is 11.8 Å². The third kappa shape index (κ3) is 2.18. The van der Waals surface area contributed by atoms with Gasteiger partial charge in [-0.2, -0.15) is 13.2 Å². The zero-order valence-electron chi connectivity index (χ0n) is 13.0. The number of carbonyl (C=O) groups is 2. The number of carbonyl (C=O) groups excluding carboxylic acids is 2. The zero-order chi connectivity index (χ0) is 17.8. The van der Waals surface area contributed by atoms with Crippen LogP contribution in [0.25, 0.3) is 0 Å². The molecule has 1 aromatic carbocycles. The molecule has 128 valence electrons. The summed E-state index contributed by atoms with van der Waals surface area (Å²) in [5.41, 5.74) is -1.02. The molecule has 0 fully saturated rings. The second-order valence-electron chi connectivity index (χ2n) is 6.29. The van der Waals surface area contributed by atoms with Crippen molar-refractivity contribution < 1.29 is 22.8 Å². The molecule has 25 heavy (non-hydrogen) atoms. The van der Waals surface area contributed by atoms with E-state index in [-0.39, 0.29) is 11.3 Å². The Balaban J connectivity index is 2.05. The smallest absolute Gasteiger partial charge is 0.291 e. The Morgan fingerprint density at radius 2 is 1.84 bits per heavy atom. The van der Waals surface area contributed by atoms with Gasteiger partial charge < -0.3 is 0 Å². The molecule has 1 N–H and O–H groups in total. The number of amides is 2. The number of aromatic nitrogens is 1. The van der Waals surface area contributed by atoms with E-state index in [9.17, 15) is 22.8 Å². The molecule has 0 radical (unpaired) electrons. The summed E-state index contributed by atoms with van der Waals surface area (Å²) in [4.78, 5) is 28.7. The largest absolute Gasteiger partial charge is 0.433 e. The summed E-state index contributed by atoms with van der Waals surface area (Å²) in [5, 5.41) is 2.30. The van der Waals surface area contributed by atoms with Gasteiger partial charge in [0, 0.05) is 0 Å². The van der Waals surface area contributed by atoms with Gasteiger partial charge in [0.1, 0.15) is 11.1 Å². The molecule has 2 heterocycles. The molecule has 0 saturated carbocycles. The van der Waals surface area contributed by atoms with E-state index in [0.717, 1.165) is 24.1 Å². The zero-order valence-corrected chi connectivity index (χ0v) is 13.0. The first-order valence-corrected chi connectivity index (χ1v) is 7.87. The van der Waals surface area contributed by atoms with Gasteiger partial charge in [-0.1, -0.05) is 24.3 Å². The van der Waals surface area contributed by atoms with Crippen molar-refractivity contribution in [1.29, 1.82) is 0 Å². The topological polar surface area (TPSA) is 59.1 Å². The molecule has 4 rings (SSSR count). The van der Waals surface area contributed by atoms with Crippen LogP contribution in [0, 0.1) is 0 Å². The number of imide groups is 1. The van der Waals surface area contributed by atoms with Crippen molar-refractivity contribution in [3.8, 4) is 0 Å². The number of benzene rings is 1. The first-order valence-electron chi connectivity index (χ1n) is 7.87. The number of alkyl halides is 3. The van der Waals surface area contributed by atoms with Crippen LogP contribution in [0.5, 0.6) is 0 Å². The van der Waals surface area contributed by atoms with Crippen LogP contribution in [0.2, 0.25) is 0 Å². The lowest BCUT2D eigenvalue weighted by Gasteiger charge is -2.40. The van der Waals surface area contributed by atoms with E-state index >= 15 is 0 Å². The van der Waals surface area contributed by atoms with Gasteiger partial charge in [-0.25, -0.2) is 4.98 Å². The molecule has 2 amide bonds. The van der Waals surface area contributed by atoms with Gasteiger partial charge in [-0.05, 0) is 42.5 Å². The van der Waals surface area contributed by atoms with Gasteiger partial charge in [0.2, 0.25) is 5.91 Å². The lowest BCUT2D eigenvalue weighted by Crippen LogP contribution is -2.54. The third-order valence-electron chi connectivity index (χ3n) is 4.92. The number of hydrogen-bond acceptors (Lipinski definition) is 3. The molecule has 1 aliphatic carbocycles. The highest BCUT2D eigenvalue weighted by atomic mass is 19.4. The molecule has 1 spiro atoms. The van der Waals surface area contributed by atoms with Crippen LogP contribution in [0.3, 0.4) is 0 Å². The number of aryl methyl sites for hydroxylation is 1. The van der Waals surface area contributed by atoms with Crippen LogP contribution in [0.15, 0.2) is 36.4 Å². The molecular weight excluding hydrogens is 333 g/mol. The highest BCUT2D eigenvalue weighted by molar-refractivity contribution is 6.14. The Morgan fingerprint density at radius 1 is 1.08 bits per heavy atom. The molecule has 1 aliphatic heterocycles. The van der Waals surface area contributed by atoms with Crippen LogP contribution in [-0.2, 0) is 22.8 Å². The van der Waals surface area contributed by atoms with Crippen molar-refractivity contribution in [2.75, 3.05) is 0 Å². The fourth-order valence-corrected chi connectivity index (χ4v) is 3.83. The number of pyridine rings is 1. The molecule has 0 bridgehead atoms. The minimum absolute atomic E-state index is 0.0179. The normalized spacial score (nSPS) is 22.4. The fourth-order valence-electron chi connectivity index (χ4n) is 3.83. The predicted molar refractivity (Wildman–Crippen MR) is 81.9 cm³/mol. The van der Waals surface area contributed by atoms with Crippen molar-refractivity contribution in [1.82, 2.24) is 10.3 Å². The highest BCUT2D eigenvalue weighted by Crippen LogP contribution is 2.45. The molecule has 2 aromatic rings. The van der Waals surface area contributed by atoms with Crippen LogP contribution in [0.1, 0.15) is 45.7 Å². The lowest BCUT2D eigenvalue weighted by atomic mass is 9.65. The van der Waals surface area contributed by atoms with E-state index in [1.165, 1.54) is 0 Å². The SMILES string of the molecule is O=C1NC(=O)C2(CCCc3ccccc32)c2nc(C(F)(F)F)ccc21. The van der Waals surface area contributed by atoms with Gasteiger partial charge in [-0.15, -0.1) is 0 Å². The van der Waals surface area contributed by atoms with Crippen LogP contribution in [0.4, 0.5) is 13.2 Å². The Hall–Kier alpha value is -2.70. The Morgan fingerprint density at radius 3 is 2.60 bits per heavy atom. The van der Waals surface area contributed by atoms with Gasteiger partial charge >= 0.3 is 6.18 Å². The fraction of sp³-hybridized carbons (Fsp3) is 0.278. The number of nitrogens with one attached hydrogen (secondary N) is 1. The predicted octanol–water partition coefficient (Wildman–Crippen LogP) is 2.99. The van der Waals surface area contributed by atoms with E-state index in [4.69, 9.17) is 0 Å². The average molecular weight is 346 g/mol. The van der Waals surface area contributed by atoms with E-state index in [1.54, 1.807) is 12.1 Å². The van der Waals surface area contributed by atoms with Crippen molar-refractivity contribution in [2.24, 2.45) is 0 Å². The maximum atomic E-state index is 13.2. The monoisotopic (exact) mass is 346 g/mol.